The maximum atomic E-state index is 10.3. The number of anilines is 1. The van der Waals surface area contributed by atoms with Crippen molar-refractivity contribution in [1.29, 1.82) is 0 Å². The van der Waals surface area contributed by atoms with Gasteiger partial charge in [-0.3, -0.25) is 4.57 Å². The first kappa shape index (κ1) is 15.4. The average molecular weight is 327 g/mol. The lowest BCUT2D eigenvalue weighted by Crippen LogP contribution is -2.43. The van der Waals surface area contributed by atoms with Crippen molar-refractivity contribution >= 4 is 28.7 Å². The molecule has 9 nitrogen and oxygen atoms in total. The number of imidazole rings is 1. The van der Waals surface area contributed by atoms with E-state index in [0.29, 0.717) is 16.3 Å². The number of hydrogen-bond donors (Lipinski definition) is 4. The zero-order valence-corrected chi connectivity index (χ0v) is 12.9. The molecule has 2 aromatic rings. The lowest BCUT2D eigenvalue weighted by molar-refractivity contribution is -0.132. The standard InChI is InChI=1S/C12H17N5O4S/c1-12(8(20)7(19)5(3-18)21-12)17-4-14-6-9(13)15-11(22-2)16-10(6)17/h4-5,7-8,18-20H,3H2,1-2H3,(H2,13,15,16)/t5-,7-,8-,12-/m1/s1. The van der Waals surface area contributed by atoms with E-state index in [9.17, 15) is 15.3 Å². The molecule has 1 saturated heterocycles. The molecule has 1 aliphatic heterocycles. The minimum atomic E-state index is -1.32. The van der Waals surface area contributed by atoms with Crippen LogP contribution in [-0.2, 0) is 10.5 Å². The first-order chi connectivity index (χ1) is 10.4. The average Bonchev–Trinajstić information content (AvgIpc) is 3.03. The molecular weight excluding hydrogens is 310 g/mol. The minimum Gasteiger partial charge on any atom is -0.394 e. The first-order valence-electron chi connectivity index (χ1n) is 6.62. The summed E-state index contributed by atoms with van der Waals surface area (Å²) in [6.07, 6.45) is -0.121. The maximum Gasteiger partial charge on any atom is 0.191 e. The van der Waals surface area contributed by atoms with Crippen LogP contribution in [0.25, 0.3) is 11.2 Å². The third kappa shape index (κ3) is 2.07. The Morgan fingerprint density at radius 2 is 2.18 bits per heavy atom. The van der Waals surface area contributed by atoms with Gasteiger partial charge in [0.2, 0.25) is 0 Å². The molecule has 5 N–H and O–H groups in total. The van der Waals surface area contributed by atoms with Crippen LogP contribution in [0.15, 0.2) is 11.5 Å². The highest BCUT2D eigenvalue weighted by Gasteiger charge is 2.52. The second-order valence-corrected chi connectivity index (χ2v) is 5.98. The number of nitrogens with zero attached hydrogens (tertiary/aromatic N) is 4. The van der Waals surface area contributed by atoms with Crippen molar-refractivity contribution in [3.05, 3.63) is 6.33 Å². The number of aliphatic hydroxyl groups excluding tert-OH is 3. The molecule has 10 heteroatoms. The monoisotopic (exact) mass is 327 g/mol. The van der Waals surface area contributed by atoms with Gasteiger partial charge in [0.25, 0.3) is 0 Å². The van der Waals surface area contributed by atoms with Crippen LogP contribution in [-0.4, -0.2) is 66.0 Å². The molecule has 1 aliphatic rings. The van der Waals surface area contributed by atoms with Crippen LogP contribution >= 0.6 is 11.8 Å². The van der Waals surface area contributed by atoms with Gasteiger partial charge < -0.3 is 25.8 Å². The number of ether oxygens (including phenoxy) is 1. The fourth-order valence-electron chi connectivity index (χ4n) is 2.63. The molecule has 3 rings (SSSR count). The van der Waals surface area contributed by atoms with E-state index in [1.165, 1.54) is 22.7 Å². The van der Waals surface area contributed by atoms with Gasteiger partial charge in [-0.1, -0.05) is 11.8 Å². The number of nitrogens with two attached hydrogens (primary N) is 1. The van der Waals surface area contributed by atoms with Gasteiger partial charge in [0, 0.05) is 0 Å². The van der Waals surface area contributed by atoms with Crippen molar-refractivity contribution in [2.24, 2.45) is 0 Å². The van der Waals surface area contributed by atoms with Crippen molar-refractivity contribution in [2.75, 3.05) is 18.6 Å². The molecule has 4 atom stereocenters. The minimum absolute atomic E-state index is 0.225. The van der Waals surface area contributed by atoms with Gasteiger partial charge in [-0.15, -0.1) is 0 Å². The number of hydrogen-bond acceptors (Lipinski definition) is 9. The highest BCUT2D eigenvalue weighted by molar-refractivity contribution is 7.98. The summed E-state index contributed by atoms with van der Waals surface area (Å²) in [6.45, 7) is 1.18. The summed E-state index contributed by atoms with van der Waals surface area (Å²) >= 11 is 1.32. The highest BCUT2D eigenvalue weighted by Crippen LogP contribution is 2.37. The van der Waals surface area contributed by atoms with Crippen LogP contribution in [0.2, 0.25) is 0 Å². The number of rotatable bonds is 3. The Balaban J connectivity index is 2.16. The van der Waals surface area contributed by atoms with Crippen molar-refractivity contribution in [3.63, 3.8) is 0 Å². The predicted molar refractivity (Wildman–Crippen MR) is 79.1 cm³/mol. The van der Waals surface area contributed by atoms with Crippen molar-refractivity contribution in [3.8, 4) is 0 Å². The normalized spacial score (nSPS) is 32.0. The van der Waals surface area contributed by atoms with Gasteiger partial charge in [0.1, 0.15) is 23.8 Å². The third-order valence-electron chi connectivity index (χ3n) is 3.89. The molecule has 0 aliphatic carbocycles. The Morgan fingerprint density at radius 3 is 2.77 bits per heavy atom. The van der Waals surface area contributed by atoms with E-state index in [0.717, 1.165) is 0 Å². The van der Waals surface area contributed by atoms with E-state index in [1.54, 1.807) is 6.92 Å². The van der Waals surface area contributed by atoms with E-state index in [2.05, 4.69) is 15.0 Å². The van der Waals surface area contributed by atoms with Gasteiger partial charge in [-0.25, -0.2) is 15.0 Å². The molecule has 0 spiro atoms. The van der Waals surface area contributed by atoms with Gasteiger partial charge in [-0.05, 0) is 13.2 Å². The largest absolute Gasteiger partial charge is 0.394 e. The van der Waals surface area contributed by atoms with E-state index in [-0.39, 0.29) is 5.82 Å². The molecule has 0 unspecified atom stereocenters. The van der Waals surface area contributed by atoms with Crippen LogP contribution in [0.1, 0.15) is 6.92 Å². The molecule has 2 aromatic heterocycles. The summed E-state index contributed by atoms with van der Waals surface area (Å²) in [5, 5.41) is 30.0. The van der Waals surface area contributed by atoms with E-state index in [4.69, 9.17) is 10.5 Å². The van der Waals surface area contributed by atoms with Crippen molar-refractivity contribution in [2.45, 2.75) is 36.1 Å². The topological polar surface area (TPSA) is 140 Å². The molecule has 0 radical (unpaired) electrons. The zero-order chi connectivity index (χ0) is 16.1. The summed E-state index contributed by atoms with van der Waals surface area (Å²) in [4.78, 5) is 12.6. The Labute approximate surface area is 130 Å². The van der Waals surface area contributed by atoms with Crippen LogP contribution in [0.3, 0.4) is 0 Å². The molecule has 120 valence electrons. The summed E-state index contributed by atoms with van der Waals surface area (Å²) in [5.74, 6) is 0.225. The SMILES string of the molecule is CSc1nc(N)c2ncn([C@]3(C)O[C@H](CO)[C@@H](O)[C@H]3O)c2n1. The van der Waals surface area contributed by atoms with Crippen LogP contribution < -0.4 is 5.73 Å². The quantitative estimate of drug-likeness (QED) is 0.409. The second-order valence-electron chi connectivity index (χ2n) is 5.21. The lowest BCUT2D eigenvalue weighted by Gasteiger charge is -2.29. The van der Waals surface area contributed by atoms with Crippen LogP contribution in [0, 0.1) is 0 Å². The summed E-state index contributed by atoms with van der Waals surface area (Å²) in [7, 11) is 0. The summed E-state index contributed by atoms with van der Waals surface area (Å²) in [5.41, 5.74) is 5.33. The van der Waals surface area contributed by atoms with Crippen molar-refractivity contribution in [1.82, 2.24) is 19.5 Å². The zero-order valence-electron chi connectivity index (χ0n) is 12.0. The number of thioether (sulfide) groups is 1. The molecule has 0 amide bonds. The van der Waals surface area contributed by atoms with Gasteiger partial charge in [-0.2, -0.15) is 0 Å². The fraction of sp³-hybridized carbons (Fsp3) is 0.583. The molecule has 0 aromatic carbocycles. The van der Waals surface area contributed by atoms with Gasteiger partial charge in [0.05, 0.1) is 12.9 Å². The summed E-state index contributed by atoms with van der Waals surface area (Å²) < 4.78 is 7.16. The van der Waals surface area contributed by atoms with Crippen molar-refractivity contribution < 1.29 is 20.1 Å². The van der Waals surface area contributed by atoms with Gasteiger partial charge >= 0.3 is 0 Å². The van der Waals surface area contributed by atoms with E-state index < -0.39 is 30.6 Å². The molecular formula is C12H17N5O4S. The Hall–Kier alpha value is -1.46. The summed E-state index contributed by atoms with van der Waals surface area (Å²) in [6, 6.07) is 0. The smallest absolute Gasteiger partial charge is 0.191 e. The Bertz CT molecular complexity index is 710. The number of fused-ring (bicyclic) bond motifs is 1. The predicted octanol–water partition coefficient (Wildman–Crippen LogP) is -1.08. The number of aliphatic hydroxyl groups is 3. The fourth-order valence-corrected chi connectivity index (χ4v) is 3.00. The lowest BCUT2D eigenvalue weighted by atomic mass is 10.0. The van der Waals surface area contributed by atoms with Crippen LogP contribution in [0.4, 0.5) is 5.82 Å². The molecule has 22 heavy (non-hydrogen) atoms. The number of nitrogen functional groups attached to an aromatic ring is 1. The van der Waals surface area contributed by atoms with Crippen LogP contribution in [0.5, 0.6) is 0 Å². The second kappa shape index (κ2) is 5.32. The van der Waals surface area contributed by atoms with Gasteiger partial charge in [0.15, 0.2) is 22.3 Å². The van der Waals surface area contributed by atoms with E-state index in [1.807, 2.05) is 6.26 Å². The Kier molecular flexibility index (Phi) is 3.73. The molecule has 1 fully saturated rings. The van der Waals surface area contributed by atoms with E-state index >= 15 is 0 Å². The maximum absolute atomic E-state index is 10.3. The molecule has 3 heterocycles. The molecule has 0 saturated carbocycles. The highest BCUT2D eigenvalue weighted by atomic mass is 32.2. The Morgan fingerprint density at radius 1 is 1.45 bits per heavy atom. The first-order valence-corrected chi connectivity index (χ1v) is 7.84. The third-order valence-corrected chi connectivity index (χ3v) is 4.43. The molecule has 0 bridgehead atoms. The number of aromatic nitrogens is 4.